The van der Waals surface area contributed by atoms with E-state index in [1.807, 2.05) is 54.6 Å². The van der Waals surface area contributed by atoms with Crippen molar-refractivity contribution in [1.82, 2.24) is 10.3 Å². The molecular weight excluding hydrogens is 548 g/mol. The summed E-state index contributed by atoms with van der Waals surface area (Å²) < 4.78 is 0. The molecule has 0 spiro atoms. The van der Waals surface area contributed by atoms with Gasteiger partial charge in [0.05, 0.1) is 23.5 Å². The zero-order valence-electron chi connectivity index (χ0n) is 22.3. The Kier molecular flexibility index (Phi) is 7.49. The van der Waals surface area contributed by atoms with Gasteiger partial charge in [0.1, 0.15) is 5.75 Å². The molecule has 0 radical (unpaired) electrons. The second-order valence-corrected chi connectivity index (χ2v) is 10.2. The number of carbonyl (C=O) groups excluding carboxylic acids is 2. The van der Waals surface area contributed by atoms with Gasteiger partial charge in [-0.3, -0.25) is 14.6 Å². The lowest BCUT2D eigenvalue weighted by Gasteiger charge is -2.26. The molecule has 206 valence electrons. The molecule has 5 aromatic rings. The quantitative estimate of drug-likeness (QED) is 0.251. The Bertz CT molecular complexity index is 1770. The van der Waals surface area contributed by atoms with Gasteiger partial charge >= 0.3 is 0 Å². The molecular formula is C34H25ClN4O3. The predicted molar refractivity (Wildman–Crippen MR) is 164 cm³/mol. The first-order valence-corrected chi connectivity index (χ1v) is 13.7. The number of carbonyl (C=O) groups is 2. The lowest BCUT2D eigenvalue weighted by molar-refractivity contribution is -0.120. The van der Waals surface area contributed by atoms with Gasteiger partial charge in [-0.1, -0.05) is 66.2 Å². The highest BCUT2D eigenvalue weighted by Gasteiger charge is 2.33. The summed E-state index contributed by atoms with van der Waals surface area (Å²) in [4.78, 5) is 37.8. The topological polar surface area (TPSA) is 94.9 Å². The van der Waals surface area contributed by atoms with Crippen molar-refractivity contribution in [2.45, 2.75) is 12.7 Å². The highest BCUT2D eigenvalue weighted by Crippen LogP contribution is 2.32. The van der Waals surface area contributed by atoms with Crippen LogP contribution in [0.15, 0.2) is 127 Å². The molecule has 6 rings (SSSR count). The van der Waals surface area contributed by atoms with Crippen LogP contribution in [-0.4, -0.2) is 33.8 Å². The summed E-state index contributed by atoms with van der Waals surface area (Å²) in [5.41, 5.74) is 5.70. The van der Waals surface area contributed by atoms with Crippen molar-refractivity contribution >= 4 is 34.8 Å². The monoisotopic (exact) mass is 572 g/mol. The molecule has 1 atom stereocenters. The number of pyridine rings is 1. The average molecular weight is 573 g/mol. The van der Waals surface area contributed by atoms with E-state index in [9.17, 15) is 14.7 Å². The number of aliphatic imine (C=N–C) groups is 1. The number of hydrogen-bond acceptors (Lipinski definition) is 5. The van der Waals surface area contributed by atoms with Gasteiger partial charge in [0, 0.05) is 28.5 Å². The number of phenolic OH excluding ortho intramolecular Hbond substituents is 1. The number of hydrogen-bond donors (Lipinski definition) is 2. The number of nitrogens with one attached hydrogen (secondary N) is 1. The summed E-state index contributed by atoms with van der Waals surface area (Å²) in [5.74, 6) is -0.791. The Balaban J connectivity index is 1.42. The van der Waals surface area contributed by atoms with E-state index < -0.39 is 18.0 Å². The number of phenols is 1. The van der Waals surface area contributed by atoms with Crippen molar-refractivity contribution in [3.8, 4) is 16.9 Å². The van der Waals surface area contributed by atoms with Crippen LogP contribution >= 0.6 is 11.6 Å². The minimum atomic E-state index is -1.24. The fraction of sp³-hybridized carbons (Fsp3) is 0.0588. The third-order valence-electron chi connectivity index (χ3n) is 7.00. The first-order chi connectivity index (χ1) is 20.5. The normalized spacial score (nSPS) is 14.5. The largest absolute Gasteiger partial charge is 0.508 e. The maximum Gasteiger partial charge on any atom is 0.272 e. The summed E-state index contributed by atoms with van der Waals surface area (Å²) >= 11 is 6.45. The number of anilines is 1. The zero-order valence-corrected chi connectivity index (χ0v) is 23.1. The maximum absolute atomic E-state index is 14.2. The Labute approximate surface area is 247 Å². The molecule has 7 nitrogen and oxygen atoms in total. The molecule has 0 bridgehead atoms. The van der Waals surface area contributed by atoms with Gasteiger partial charge in [-0.15, -0.1) is 0 Å². The third kappa shape index (κ3) is 5.64. The van der Waals surface area contributed by atoms with Crippen LogP contribution in [0.1, 0.15) is 27.0 Å². The number of nitrogens with zero attached hydrogens (tertiary/aromatic N) is 3. The van der Waals surface area contributed by atoms with E-state index in [2.05, 4.69) is 10.3 Å². The van der Waals surface area contributed by atoms with E-state index in [1.54, 1.807) is 65.7 Å². The maximum atomic E-state index is 14.2. The van der Waals surface area contributed by atoms with Gasteiger partial charge < -0.3 is 15.3 Å². The SMILES string of the molecule is O=C(N[C@H]1N=C(c2ccc(O)cc2)c2cc(Cl)ccc2N(Cc2ccc(-c3ccccc3)cc2)C1=O)c1cccnc1. The highest BCUT2D eigenvalue weighted by molar-refractivity contribution is 6.32. The van der Waals surface area contributed by atoms with Crippen LogP contribution < -0.4 is 10.2 Å². The van der Waals surface area contributed by atoms with E-state index >= 15 is 0 Å². The van der Waals surface area contributed by atoms with Crippen molar-refractivity contribution in [3.63, 3.8) is 0 Å². The van der Waals surface area contributed by atoms with Crippen molar-refractivity contribution in [3.05, 3.63) is 149 Å². The Morgan fingerprint density at radius 3 is 2.29 bits per heavy atom. The molecule has 42 heavy (non-hydrogen) atoms. The summed E-state index contributed by atoms with van der Waals surface area (Å²) in [6, 6.07) is 33.1. The minimum Gasteiger partial charge on any atom is -0.508 e. The van der Waals surface area contributed by atoms with Crippen LogP contribution in [0.2, 0.25) is 5.02 Å². The van der Waals surface area contributed by atoms with Crippen LogP contribution in [0, 0.1) is 0 Å². The van der Waals surface area contributed by atoms with Crippen LogP contribution in [0.25, 0.3) is 11.1 Å². The smallest absolute Gasteiger partial charge is 0.272 e. The molecule has 0 saturated heterocycles. The van der Waals surface area contributed by atoms with E-state index in [-0.39, 0.29) is 12.3 Å². The van der Waals surface area contributed by atoms with Crippen LogP contribution in [-0.2, 0) is 11.3 Å². The van der Waals surface area contributed by atoms with E-state index in [1.165, 1.54) is 6.20 Å². The van der Waals surface area contributed by atoms with Crippen LogP contribution in [0.4, 0.5) is 5.69 Å². The Morgan fingerprint density at radius 1 is 0.857 bits per heavy atom. The second kappa shape index (κ2) is 11.7. The molecule has 2 N–H and O–H groups in total. The summed E-state index contributed by atoms with van der Waals surface area (Å²) in [6.07, 6.45) is 1.76. The van der Waals surface area contributed by atoms with Crippen molar-refractivity contribution < 1.29 is 14.7 Å². The number of benzene rings is 4. The van der Waals surface area contributed by atoms with Crippen molar-refractivity contribution in [2.24, 2.45) is 4.99 Å². The fourth-order valence-corrected chi connectivity index (χ4v) is 5.05. The molecule has 2 amide bonds. The zero-order chi connectivity index (χ0) is 29.1. The number of rotatable bonds is 6. The third-order valence-corrected chi connectivity index (χ3v) is 7.23. The lowest BCUT2D eigenvalue weighted by Crippen LogP contribution is -2.47. The lowest BCUT2D eigenvalue weighted by atomic mass is 9.99. The van der Waals surface area contributed by atoms with E-state index in [0.717, 1.165) is 16.7 Å². The number of aromatic hydroxyl groups is 1. The molecule has 0 unspecified atom stereocenters. The van der Waals surface area contributed by atoms with Gasteiger partial charge in [0.25, 0.3) is 11.8 Å². The van der Waals surface area contributed by atoms with Crippen LogP contribution in [0.5, 0.6) is 5.75 Å². The molecule has 1 aliphatic heterocycles. The van der Waals surface area contributed by atoms with Crippen molar-refractivity contribution in [2.75, 3.05) is 4.90 Å². The number of amides is 2. The Morgan fingerprint density at radius 2 is 1.57 bits per heavy atom. The van der Waals surface area contributed by atoms with Gasteiger partial charge in [-0.05, 0) is 71.3 Å². The van der Waals surface area contributed by atoms with Gasteiger partial charge in [0.15, 0.2) is 0 Å². The van der Waals surface area contributed by atoms with Crippen molar-refractivity contribution in [1.29, 1.82) is 0 Å². The van der Waals surface area contributed by atoms with Gasteiger partial charge in [0.2, 0.25) is 6.17 Å². The summed E-state index contributed by atoms with van der Waals surface area (Å²) in [5, 5.41) is 13.2. The standard InChI is InChI=1S/C34H25ClN4O3/c35-27-14-17-30-29(19-27)31(25-12-15-28(40)16-13-25)37-32(38-33(41)26-7-4-18-36-20-26)34(42)39(30)21-22-8-10-24(11-9-22)23-5-2-1-3-6-23/h1-20,32,40H,21H2,(H,38,41)/t32-/m1/s1. The number of fused-ring (bicyclic) bond motifs is 1. The van der Waals surface area contributed by atoms with Gasteiger partial charge in [-0.2, -0.15) is 0 Å². The highest BCUT2D eigenvalue weighted by atomic mass is 35.5. The molecule has 2 heterocycles. The molecule has 0 saturated carbocycles. The summed E-state index contributed by atoms with van der Waals surface area (Å²) in [6.45, 7) is 0.236. The molecule has 0 fully saturated rings. The molecule has 1 aliphatic rings. The number of halogens is 1. The molecule has 4 aromatic carbocycles. The summed E-state index contributed by atoms with van der Waals surface area (Å²) in [7, 11) is 0. The van der Waals surface area contributed by atoms with E-state index in [0.29, 0.717) is 33.1 Å². The molecule has 0 aliphatic carbocycles. The first kappa shape index (κ1) is 26.9. The Hall–Kier alpha value is -5.27. The van der Waals surface area contributed by atoms with Gasteiger partial charge in [-0.25, -0.2) is 4.99 Å². The molecule has 1 aromatic heterocycles. The fourth-order valence-electron chi connectivity index (χ4n) is 4.88. The average Bonchev–Trinajstić information content (AvgIpc) is 3.13. The first-order valence-electron chi connectivity index (χ1n) is 13.3. The predicted octanol–water partition coefficient (Wildman–Crippen LogP) is 6.25. The number of aromatic nitrogens is 1. The number of benzodiazepines with no additional fused rings is 1. The second-order valence-electron chi connectivity index (χ2n) is 9.79. The van der Waals surface area contributed by atoms with Crippen LogP contribution in [0.3, 0.4) is 0 Å². The minimum absolute atomic E-state index is 0.0948. The van der Waals surface area contributed by atoms with E-state index in [4.69, 9.17) is 16.6 Å². The molecule has 8 heteroatoms.